The molecule has 26 heavy (non-hydrogen) atoms. The van der Waals surface area contributed by atoms with Crippen LogP contribution in [0.5, 0.6) is 5.88 Å². The summed E-state index contributed by atoms with van der Waals surface area (Å²) in [5, 5.41) is 6.42. The zero-order valence-corrected chi connectivity index (χ0v) is 15.6. The monoisotopic (exact) mass is 358 g/mol. The fraction of sp³-hybridized carbons (Fsp3) is 0.400. The summed E-state index contributed by atoms with van der Waals surface area (Å²) in [4.78, 5) is 8.83. The standard InChI is InChI=1S/C20H27FN4O/c1-4-22-20(23-12-11-17-7-5-6-8-18(17)21)25-14-16-9-10-19(24-13-16)26-15(2)3/h5-10,13,15H,4,11-12,14H2,1-3H3,(H2,22,23,25). The minimum atomic E-state index is -0.175. The molecule has 0 fully saturated rings. The van der Waals surface area contributed by atoms with Crippen molar-refractivity contribution in [3.8, 4) is 5.88 Å². The highest BCUT2D eigenvalue weighted by Gasteiger charge is 2.03. The summed E-state index contributed by atoms with van der Waals surface area (Å²) >= 11 is 0. The zero-order valence-electron chi connectivity index (χ0n) is 15.6. The first-order valence-corrected chi connectivity index (χ1v) is 8.95. The molecule has 2 N–H and O–H groups in total. The number of nitrogens with one attached hydrogen (secondary N) is 2. The van der Waals surface area contributed by atoms with Gasteiger partial charge in [-0.05, 0) is 44.4 Å². The van der Waals surface area contributed by atoms with Crippen LogP contribution in [0.3, 0.4) is 0 Å². The van der Waals surface area contributed by atoms with E-state index >= 15 is 0 Å². The molecule has 0 bridgehead atoms. The SMILES string of the molecule is CCNC(=NCc1ccc(OC(C)C)nc1)NCCc1ccccc1F. The molecule has 0 unspecified atom stereocenters. The molecule has 1 aromatic heterocycles. The van der Waals surface area contributed by atoms with Gasteiger partial charge in [-0.3, -0.25) is 0 Å². The van der Waals surface area contributed by atoms with E-state index in [1.165, 1.54) is 6.07 Å². The van der Waals surface area contributed by atoms with E-state index < -0.39 is 0 Å². The van der Waals surface area contributed by atoms with Crippen molar-refractivity contribution in [2.75, 3.05) is 13.1 Å². The van der Waals surface area contributed by atoms with Crippen LogP contribution in [0.25, 0.3) is 0 Å². The molecular formula is C20H27FN4O. The number of ether oxygens (including phenoxy) is 1. The van der Waals surface area contributed by atoms with Gasteiger partial charge in [0.25, 0.3) is 0 Å². The molecule has 0 spiro atoms. The van der Waals surface area contributed by atoms with Crippen molar-refractivity contribution < 1.29 is 9.13 Å². The Labute approximate surface area is 154 Å². The van der Waals surface area contributed by atoms with Gasteiger partial charge in [0, 0.05) is 25.4 Å². The summed E-state index contributed by atoms with van der Waals surface area (Å²) in [5.74, 6) is 1.14. The topological polar surface area (TPSA) is 58.5 Å². The third-order valence-corrected chi connectivity index (χ3v) is 3.56. The summed E-state index contributed by atoms with van der Waals surface area (Å²) in [6.07, 6.45) is 2.47. The first-order chi connectivity index (χ1) is 12.6. The van der Waals surface area contributed by atoms with E-state index in [4.69, 9.17) is 4.74 Å². The summed E-state index contributed by atoms with van der Waals surface area (Å²) in [6, 6.07) is 10.6. The maximum Gasteiger partial charge on any atom is 0.213 e. The second kappa shape index (κ2) is 10.4. The van der Waals surface area contributed by atoms with E-state index in [0.29, 0.717) is 36.9 Å². The van der Waals surface area contributed by atoms with Crippen LogP contribution in [0.2, 0.25) is 0 Å². The quantitative estimate of drug-likeness (QED) is 0.561. The molecule has 6 heteroatoms. The van der Waals surface area contributed by atoms with Crippen molar-refractivity contribution in [2.45, 2.75) is 39.8 Å². The first kappa shape index (κ1) is 19.7. The third-order valence-electron chi connectivity index (χ3n) is 3.56. The number of pyridine rings is 1. The minimum Gasteiger partial charge on any atom is -0.475 e. The van der Waals surface area contributed by atoms with Crippen molar-refractivity contribution in [1.29, 1.82) is 0 Å². The van der Waals surface area contributed by atoms with E-state index in [2.05, 4.69) is 20.6 Å². The number of aliphatic imine (C=N–C) groups is 1. The molecular weight excluding hydrogens is 331 g/mol. The van der Waals surface area contributed by atoms with Gasteiger partial charge >= 0.3 is 0 Å². The number of hydrogen-bond donors (Lipinski definition) is 2. The Morgan fingerprint density at radius 3 is 2.65 bits per heavy atom. The van der Waals surface area contributed by atoms with Crippen molar-refractivity contribution in [1.82, 2.24) is 15.6 Å². The van der Waals surface area contributed by atoms with Gasteiger partial charge in [0.15, 0.2) is 5.96 Å². The molecule has 2 rings (SSSR count). The van der Waals surface area contributed by atoms with Crippen LogP contribution in [-0.4, -0.2) is 30.1 Å². The van der Waals surface area contributed by atoms with E-state index in [1.807, 2.05) is 39.0 Å². The molecule has 0 aliphatic heterocycles. The maximum atomic E-state index is 13.7. The van der Waals surface area contributed by atoms with Crippen LogP contribution >= 0.6 is 0 Å². The Kier molecular flexibility index (Phi) is 7.86. The molecule has 0 atom stereocenters. The smallest absolute Gasteiger partial charge is 0.213 e. The lowest BCUT2D eigenvalue weighted by Gasteiger charge is -2.12. The van der Waals surface area contributed by atoms with Crippen LogP contribution in [0.15, 0.2) is 47.6 Å². The predicted molar refractivity (Wildman–Crippen MR) is 103 cm³/mol. The molecule has 0 aliphatic carbocycles. The molecule has 0 aliphatic rings. The fourth-order valence-corrected chi connectivity index (χ4v) is 2.34. The number of nitrogens with zero attached hydrogens (tertiary/aromatic N) is 2. The average Bonchev–Trinajstić information content (AvgIpc) is 2.62. The summed E-state index contributed by atoms with van der Waals surface area (Å²) in [7, 11) is 0. The Morgan fingerprint density at radius 1 is 1.19 bits per heavy atom. The van der Waals surface area contributed by atoms with Crippen LogP contribution < -0.4 is 15.4 Å². The van der Waals surface area contributed by atoms with E-state index in [1.54, 1.807) is 18.3 Å². The number of rotatable bonds is 8. The van der Waals surface area contributed by atoms with Gasteiger partial charge in [-0.2, -0.15) is 0 Å². The van der Waals surface area contributed by atoms with Gasteiger partial charge in [0.05, 0.1) is 12.6 Å². The number of hydrogen-bond acceptors (Lipinski definition) is 3. The van der Waals surface area contributed by atoms with Crippen molar-refractivity contribution in [3.05, 3.63) is 59.5 Å². The number of guanidine groups is 1. The molecule has 0 saturated heterocycles. The Morgan fingerprint density at radius 2 is 2.00 bits per heavy atom. The van der Waals surface area contributed by atoms with E-state index in [9.17, 15) is 4.39 Å². The molecule has 1 aromatic carbocycles. The molecule has 0 radical (unpaired) electrons. The lowest BCUT2D eigenvalue weighted by Crippen LogP contribution is -2.38. The number of halogens is 1. The third kappa shape index (κ3) is 6.70. The van der Waals surface area contributed by atoms with Gasteiger partial charge in [0.1, 0.15) is 5.82 Å². The van der Waals surface area contributed by atoms with Crippen molar-refractivity contribution in [2.24, 2.45) is 4.99 Å². The number of benzene rings is 1. The fourth-order valence-electron chi connectivity index (χ4n) is 2.34. The first-order valence-electron chi connectivity index (χ1n) is 8.95. The summed E-state index contributed by atoms with van der Waals surface area (Å²) in [6.45, 7) is 7.81. The largest absolute Gasteiger partial charge is 0.475 e. The normalized spacial score (nSPS) is 11.5. The molecule has 0 saturated carbocycles. The predicted octanol–water partition coefficient (Wildman–Crippen LogP) is 3.31. The zero-order chi connectivity index (χ0) is 18.8. The maximum absolute atomic E-state index is 13.7. The van der Waals surface area contributed by atoms with Gasteiger partial charge in [-0.25, -0.2) is 14.4 Å². The highest BCUT2D eigenvalue weighted by molar-refractivity contribution is 5.79. The number of aromatic nitrogens is 1. The van der Waals surface area contributed by atoms with Gasteiger partial charge in [-0.15, -0.1) is 0 Å². The Bertz CT molecular complexity index is 701. The minimum absolute atomic E-state index is 0.102. The molecule has 5 nitrogen and oxygen atoms in total. The van der Waals surface area contributed by atoms with Crippen LogP contribution in [0.4, 0.5) is 4.39 Å². The Balaban J connectivity index is 1.88. The average molecular weight is 358 g/mol. The molecule has 2 aromatic rings. The van der Waals surface area contributed by atoms with Crippen molar-refractivity contribution >= 4 is 5.96 Å². The van der Waals surface area contributed by atoms with E-state index in [-0.39, 0.29) is 11.9 Å². The van der Waals surface area contributed by atoms with Crippen LogP contribution in [-0.2, 0) is 13.0 Å². The lowest BCUT2D eigenvalue weighted by atomic mass is 10.1. The molecule has 0 amide bonds. The van der Waals surface area contributed by atoms with E-state index in [0.717, 1.165) is 12.1 Å². The van der Waals surface area contributed by atoms with Gasteiger partial charge in [-0.1, -0.05) is 24.3 Å². The highest BCUT2D eigenvalue weighted by atomic mass is 19.1. The van der Waals surface area contributed by atoms with Crippen molar-refractivity contribution in [3.63, 3.8) is 0 Å². The summed E-state index contributed by atoms with van der Waals surface area (Å²) < 4.78 is 19.2. The second-order valence-corrected chi connectivity index (χ2v) is 6.13. The van der Waals surface area contributed by atoms with Gasteiger partial charge < -0.3 is 15.4 Å². The molecule has 1 heterocycles. The highest BCUT2D eigenvalue weighted by Crippen LogP contribution is 2.10. The second-order valence-electron chi connectivity index (χ2n) is 6.13. The Hall–Kier alpha value is -2.63. The lowest BCUT2D eigenvalue weighted by molar-refractivity contribution is 0.232. The van der Waals surface area contributed by atoms with Crippen LogP contribution in [0.1, 0.15) is 31.9 Å². The molecule has 140 valence electrons. The summed E-state index contributed by atoms with van der Waals surface area (Å²) in [5.41, 5.74) is 1.69. The van der Waals surface area contributed by atoms with Crippen LogP contribution in [0, 0.1) is 5.82 Å². The van der Waals surface area contributed by atoms with Gasteiger partial charge in [0.2, 0.25) is 5.88 Å².